The first-order valence-electron chi connectivity index (χ1n) is 4.67. The van der Waals surface area contributed by atoms with Crippen molar-refractivity contribution in [2.24, 2.45) is 0 Å². The molecule has 16 heavy (non-hydrogen) atoms. The highest BCUT2D eigenvalue weighted by Crippen LogP contribution is 2.12. The Labute approximate surface area is 92.6 Å². The second-order valence-corrected chi connectivity index (χ2v) is 2.92. The average molecular weight is 218 g/mol. The van der Waals surface area contributed by atoms with E-state index >= 15 is 0 Å². The number of hydrogen-bond acceptors (Lipinski definition) is 3. The summed E-state index contributed by atoms with van der Waals surface area (Å²) in [5, 5.41) is 12.8. The minimum absolute atomic E-state index is 0.115. The molecule has 0 aliphatic carbocycles. The van der Waals surface area contributed by atoms with Crippen LogP contribution in [0.25, 0.3) is 0 Å². The normalized spacial score (nSPS) is 8.81. The van der Waals surface area contributed by atoms with Gasteiger partial charge in [-0.15, -0.1) is 0 Å². The number of amides is 1. The lowest BCUT2D eigenvalue weighted by Crippen LogP contribution is -2.17. The van der Waals surface area contributed by atoms with E-state index in [0.29, 0.717) is 6.42 Å². The van der Waals surface area contributed by atoms with Crippen LogP contribution in [-0.4, -0.2) is 10.8 Å². The molecular formula is C11H10N2O3. The van der Waals surface area contributed by atoms with E-state index in [-0.39, 0.29) is 11.3 Å². The lowest BCUT2D eigenvalue weighted by atomic mass is 10.2. The van der Waals surface area contributed by atoms with Gasteiger partial charge in [-0.05, 0) is 6.07 Å². The third-order valence-corrected chi connectivity index (χ3v) is 1.76. The summed E-state index contributed by atoms with van der Waals surface area (Å²) in [6, 6.07) is 7.96. The third kappa shape index (κ3) is 3.10. The number of nitro benzene ring substituents is 1. The molecule has 5 heteroatoms. The Hall–Kier alpha value is -2.35. The molecule has 0 aliphatic heterocycles. The van der Waals surface area contributed by atoms with E-state index in [1.54, 1.807) is 0 Å². The molecule has 0 aliphatic rings. The Bertz CT molecular complexity index is 472. The summed E-state index contributed by atoms with van der Waals surface area (Å²) >= 11 is 0. The molecule has 1 amide bonds. The van der Waals surface area contributed by atoms with E-state index in [0.717, 1.165) is 0 Å². The maximum Gasteiger partial charge on any atom is 0.270 e. The van der Waals surface area contributed by atoms with E-state index in [1.807, 2.05) is 6.92 Å². The number of nitrogens with zero attached hydrogens (tertiary/aromatic N) is 1. The van der Waals surface area contributed by atoms with Crippen LogP contribution in [-0.2, 0) is 0 Å². The van der Waals surface area contributed by atoms with Gasteiger partial charge in [-0.3, -0.25) is 20.2 Å². The second kappa shape index (κ2) is 5.51. The van der Waals surface area contributed by atoms with Gasteiger partial charge in [-0.1, -0.05) is 18.9 Å². The Morgan fingerprint density at radius 3 is 2.94 bits per heavy atom. The van der Waals surface area contributed by atoms with Gasteiger partial charge >= 0.3 is 0 Å². The van der Waals surface area contributed by atoms with E-state index in [1.165, 1.54) is 24.3 Å². The van der Waals surface area contributed by atoms with Crippen molar-refractivity contribution in [3.8, 4) is 12.0 Å². The van der Waals surface area contributed by atoms with Crippen LogP contribution in [0.5, 0.6) is 0 Å². The van der Waals surface area contributed by atoms with Crippen LogP contribution in [0, 0.1) is 22.1 Å². The number of nitrogens with one attached hydrogen (secondary N) is 1. The number of nitro groups is 1. The zero-order valence-corrected chi connectivity index (χ0v) is 8.69. The lowest BCUT2D eigenvalue weighted by molar-refractivity contribution is -0.384. The van der Waals surface area contributed by atoms with Gasteiger partial charge in [0.25, 0.3) is 11.6 Å². The molecule has 1 aromatic rings. The molecule has 0 radical (unpaired) electrons. The fourth-order valence-corrected chi connectivity index (χ4v) is 1.02. The van der Waals surface area contributed by atoms with Gasteiger partial charge in [0.2, 0.25) is 0 Å². The number of rotatable bonds is 2. The number of benzene rings is 1. The molecule has 0 heterocycles. The standard InChI is InChI=1S/C11H10N2O3/c1-2-3-7-12-11(14)9-5-4-6-10(8-9)13(15)16/h4-6,8H,2H2,1H3,(H,12,14). The summed E-state index contributed by atoms with van der Waals surface area (Å²) in [5.41, 5.74) is 0.107. The molecule has 82 valence electrons. The van der Waals surface area contributed by atoms with Crippen LogP contribution in [0.2, 0.25) is 0 Å². The van der Waals surface area contributed by atoms with Gasteiger partial charge in [0, 0.05) is 30.2 Å². The molecule has 0 saturated heterocycles. The van der Waals surface area contributed by atoms with E-state index in [4.69, 9.17) is 0 Å². The van der Waals surface area contributed by atoms with Crippen molar-refractivity contribution in [3.63, 3.8) is 0 Å². The van der Waals surface area contributed by atoms with Crippen molar-refractivity contribution in [3.05, 3.63) is 39.9 Å². The summed E-state index contributed by atoms with van der Waals surface area (Å²) in [6.45, 7) is 1.85. The highest BCUT2D eigenvalue weighted by atomic mass is 16.6. The average Bonchev–Trinajstić information content (AvgIpc) is 2.29. The van der Waals surface area contributed by atoms with Gasteiger partial charge < -0.3 is 0 Å². The summed E-state index contributed by atoms with van der Waals surface area (Å²) in [7, 11) is 0. The van der Waals surface area contributed by atoms with Crippen LogP contribution in [0.3, 0.4) is 0 Å². The van der Waals surface area contributed by atoms with Gasteiger partial charge in [-0.25, -0.2) is 0 Å². The minimum atomic E-state index is -0.547. The van der Waals surface area contributed by atoms with Gasteiger partial charge in [-0.2, -0.15) is 0 Å². The molecule has 0 atom stereocenters. The van der Waals surface area contributed by atoms with Crippen molar-refractivity contribution in [1.29, 1.82) is 0 Å². The Balaban J connectivity index is 2.83. The molecule has 0 aromatic heterocycles. The molecule has 1 N–H and O–H groups in total. The fraction of sp³-hybridized carbons (Fsp3) is 0.182. The maximum atomic E-state index is 11.5. The molecule has 1 rings (SSSR count). The summed E-state index contributed by atoms with van der Waals surface area (Å²) in [5.74, 6) is 2.23. The highest BCUT2D eigenvalue weighted by Gasteiger charge is 2.09. The Morgan fingerprint density at radius 1 is 1.56 bits per heavy atom. The van der Waals surface area contributed by atoms with Gasteiger partial charge in [0.05, 0.1) is 4.92 Å². The van der Waals surface area contributed by atoms with E-state index in [2.05, 4.69) is 17.3 Å². The second-order valence-electron chi connectivity index (χ2n) is 2.92. The summed E-state index contributed by atoms with van der Waals surface area (Å²) in [4.78, 5) is 21.4. The van der Waals surface area contributed by atoms with Crippen LogP contribution < -0.4 is 5.32 Å². The molecule has 5 nitrogen and oxygen atoms in total. The fourth-order valence-electron chi connectivity index (χ4n) is 1.02. The lowest BCUT2D eigenvalue weighted by Gasteiger charge is -1.97. The van der Waals surface area contributed by atoms with Crippen LogP contribution in [0.4, 0.5) is 5.69 Å². The number of carbonyl (C=O) groups excluding carboxylic acids is 1. The molecule has 0 unspecified atom stereocenters. The van der Waals surface area contributed by atoms with E-state index < -0.39 is 10.8 Å². The quantitative estimate of drug-likeness (QED) is 0.355. The molecule has 0 spiro atoms. The van der Waals surface area contributed by atoms with Crippen LogP contribution in [0.15, 0.2) is 24.3 Å². The predicted molar refractivity (Wildman–Crippen MR) is 58.6 cm³/mol. The van der Waals surface area contributed by atoms with Crippen molar-refractivity contribution >= 4 is 11.6 Å². The van der Waals surface area contributed by atoms with Crippen molar-refractivity contribution in [2.75, 3.05) is 0 Å². The molecule has 0 bridgehead atoms. The molecule has 1 aromatic carbocycles. The molecular weight excluding hydrogens is 208 g/mol. The first-order valence-corrected chi connectivity index (χ1v) is 4.67. The molecule has 0 saturated carbocycles. The Kier molecular flexibility index (Phi) is 4.04. The van der Waals surface area contributed by atoms with Crippen LogP contribution in [0.1, 0.15) is 23.7 Å². The maximum absolute atomic E-state index is 11.5. The number of hydrogen-bond donors (Lipinski definition) is 1. The monoisotopic (exact) mass is 218 g/mol. The minimum Gasteiger partial charge on any atom is -0.281 e. The first kappa shape index (κ1) is 11.7. The SMILES string of the molecule is CCC#CNC(=O)c1cccc([N+](=O)[O-])c1. The Morgan fingerprint density at radius 2 is 2.31 bits per heavy atom. The largest absolute Gasteiger partial charge is 0.281 e. The van der Waals surface area contributed by atoms with Crippen molar-refractivity contribution in [1.82, 2.24) is 5.32 Å². The van der Waals surface area contributed by atoms with Crippen molar-refractivity contribution in [2.45, 2.75) is 13.3 Å². The zero-order chi connectivity index (χ0) is 12.0. The smallest absolute Gasteiger partial charge is 0.270 e. The molecule has 0 fully saturated rings. The van der Waals surface area contributed by atoms with Gasteiger partial charge in [0.1, 0.15) is 0 Å². The van der Waals surface area contributed by atoms with Gasteiger partial charge in [0.15, 0.2) is 0 Å². The number of carbonyl (C=O) groups is 1. The predicted octanol–water partition coefficient (Wildman–Crippen LogP) is 1.70. The van der Waals surface area contributed by atoms with Crippen LogP contribution >= 0.6 is 0 Å². The topological polar surface area (TPSA) is 72.2 Å². The van der Waals surface area contributed by atoms with E-state index in [9.17, 15) is 14.9 Å². The first-order chi connectivity index (χ1) is 7.65. The highest BCUT2D eigenvalue weighted by molar-refractivity contribution is 5.95. The van der Waals surface area contributed by atoms with Crippen molar-refractivity contribution < 1.29 is 9.72 Å². The summed E-state index contributed by atoms with van der Waals surface area (Å²) in [6.07, 6.45) is 0.634. The zero-order valence-electron chi connectivity index (χ0n) is 8.69. The third-order valence-electron chi connectivity index (χ3n) is 1.76. The summed E-state index contributed by atoms with van der Waals surface area (Å²) < 4.78 is 0. The number of non-ortho nitro benzene ring substituents is 1.